The fraction of sp³-hybridized carbons (Fsp3) is 0.400. The van der Waals surface area contributed by atoms with Crippen LogP contribution in [0.1, 0.15) is 30.0 Å². The van der Waals surface area contributed by atoms with Crippen molar-refractivity contribution in [3.63, 3.8) is 0 Å². The average Bonchev–Trinajstić information content (AvgIpc) is 3.21. The van der Waals surface area contributed by atoms with Crippen molar-refractivity contribution >= 4 is 6.03 Å². The number of aromatic nitrogens is 1. The quantitative estimate of drug-likeness (QED) is 0.844. The van der Waals surface area contributed by atoms with Gasteiger partial charge in [0.2, 0.25) is 5.88 Å². The van der Waals surface area contributed by atoms with E-state index in [1.54, 1.807) is 27.5 Å². The Morgan fingerprint density at radius 1 is 1.19 bits per heavy atom. The Morgan fingerprint density at radius 3 is 2.78 bits per heavy atom. The molecule has 0 bridgehead atoms. The number of benzene rings is 1. The molecule has 1 fully saturated rings. The summed E-state index contributed by atoms with van der Waals surface area (Å²) in [7, 11) is 4.83. The van der Waals surface area contributed by atoms with Crippen LogP contribution >= 0.6 is 0 Å². The molecule has 3 rings (SSSR count). The zero-order valence-electron chi connectivity index (χ0n) is 15.9. The van der Waals surface area contributed by atoms with Gasteiger partial charge in [0.15, 0.2) is 0 Å². The number of nitrogens with zero attached hydrogens (tertiary/aromatic N) is 2. The van der Waals surface area contributed by atoms with E-state index in [0.717, 1.165) is 35.5 Å². The van der Waals surface area contributed by atoms with Crippen molar-refractivity contribution in [1.82, 2.24) is 15.2 Å². The first kappa shape index (κ1) is 18.8. The van der Waals surface area contributed by atoms with Gasteiger partial charge in [-0.15, -0.1) is 0 Å². The Kier molecular flexibility index (Phi) is 6.01. The van der Waals surface area contributed by atoms with E-state index in [1.807, 2.05) is 35.2 Å². The van der Waals surface area contributed by atoms with E-state index in [9.17, 15) is 4.79 Å². The van der Waals surface area contributed by atoms with E-state index in [2.05, 4.69) is 10.3 Å². The maximum absolute atomic E-state index is 12.8. The summed E-state index contributed by atoms with van der Waals surface area (Å²) in [6.07, 6.45) is 3.52. The first-order chi connectivity index (χ1) is 13.2. The second-order valence-electron chi connectivity index (χ2n) is 6.32. The molecule has 2 heterocycles. The molecule has 27 heavy (non-hydrogen) atoms. The van der Waals surface area contributed by atoms with E-state index in [-0.39, 0.29) is 12.1 Å². The van der Waals surface area contributed by atoms with Crippen LogP contribution in [0.5, 0.6) is 17.4 Å². The summed E-state index contributed by atoms with van der Waals surface area (Å²) in [5.41, 5.74) is 1.93. The molecule has 144 valence electrons. The second kappa shape index (κ2) is 8.62. The fourth-order valence-corrected chi connectivity index (χ4v) is 3.38. The molecule has 1 aliphatic rings. The van der Waals surface area contributed by atoms with Gasteiger partial charge in [-0.05, 0) is 36.6 Å². The summed E-state index contributed by atoms with van der Waals surface area (Å²) in [4.78, 5) is 18.7. The third kappa shape index (κ3) is 4.24. The minimum Gasteiger partial charge on any atom is -0.497 e. The number of ether oxygens (including phenoxy) is 3. The lowest BCUT2D eigenvalue weighted by atomic mass is 10.0. The first-order valence-electron chi connectivity index (χ1n) is 8.91. The third-order valence-electron chi connectivity index (χ3n) is 4.77. The number of pyridine rings is 1. The highest BCUT2D eigenvalue weighted by Crippen LogP contribution is 2.38. The van der Waals surface area contributed by atoms with Crippen LogP contribution in [0, 0.1) is 0 Å². The number of carbonyl (C=O) groups is 1. The molecule has 0 saturated carbocycles. The topological polar surface area (TPSA) is 72.9 Å². The highest BCUT2D eigenvalue weighted by Gasteiger charge is 2.32. The van der Waals surface area contributed by atoms with E-state index >= 15 is 0 Å². The van der Waals surface area contributed by atoms with Gasteiger partial charge in [0.1, 0.15) is 11.5 Å². The molecule has 7 nitrogen and oxygen atoms in total. The molecule has 2 aromatic rings. The molecule has 2 amide bonds. The second-order valence-corrected chi connectivity index (χ2v) is 6.32. The Morgan fingerprint density at radius 2 is 2.04 bits per heavy atom. The number of likely N-dealkylation sites (tertiary alicyclic amines) is 1. The molecule has 0 spiro atoms. The fourth-order valence-electron chi connectivity index (χ4n) is 3.38. The lowest BCUT2D eigenvalue weighted by Crippen LogP contribution is -2.39. The van der Waals surface area contributed by atoms with Gasteiger partial charge in [-0.1, -0.05) is 0 Å². The summed E-state index contributed by atoms with van der Waals surface area (Å²) < 4.78 is 15.9. The Hall–Kier alpha value is -2.96. The van der Waals surface area contributed by atoms with Gasteiger partial charge in [-0.2, -0.15) is 0 Å². The normalized spacial score (nSPS) is 16.1. The van der Waals surface area contributed by atoms with Crippen molar-refractivity contribution in [2.24, 2.45) is 0 Å². The van der Waals surface area contributed by atoms with Crippen LogP contribution in [0.25, 0.3) is 0 Å². The van der Waals surface area contributed by atoms with E-state index in [0.29, 0.717) is 19.0 Å². The monoisotopic (exact) mass is 371 g/mol. The minimum absolute atomic E-state index is 0.0159. The lowest BCUT2D eigenvalue weighted by molar-refractivity contribution is 0.191. The van der Waals surface area contributed by atoms with E-state index < -0.39 is 0 Å². The van der Waals surface area contributed by atoms with E-state index in [1.165, 1.54) is 0 Å². The largest absolute Gasteiger partial charge is 0.497 e. The van der Waals surface area contributed by atoms with Crippen LogP contribution in [0.4, 0.5) is 4.79 Å². The van der Waals surface area contributed by atoms with Crippen LogP contribution in [0.3, 0.4) is 0 Å². The van der Waals surface area contributed by atoms with Crippen molar-refractivity contribution < 1.29 is 19.0 Å². The number of hydrogen-bond acceptors (Lipinski definition) is 5. The van der Waals surface area contributed by atoms with Crippen LogP contribution in [0.2, 0.25) is 0 Å². The Balaban J connectivity index is 1.71. The van der Waals surface area contributed by atoms with Crippen LogP contribution in [-0.2, 0) is 6.54 Å². The smallest absolute Gasteiger partial charge is 0.318 e. The maximum Gasteiger partial charge on any atom is 0.318 e. The summed E-state index contributed by atoms with van der Waals surface area (Å²) in [5, 5.41) is 2.99. The van der Waals surface area contributed by atoms with Crippen molar-refractivity contribution in [2.75, 3.05) is 27.9 Å². The molecule has 1 N–H and O–H groups in total. The summed E-state index contributed by atoms with van der Waals surface area (Å²) in [6, 6.07) is 9.29. The van der Waals surface area contributed by atoms with Gasteiger partial charge >= 0.3 is 6.03 Å². The van der Waals surface area contributed by atoms with E-state index in [4.69, 9.17) is 14.2 Å². The highest BCUT2D eigenvalue weighted by atomic mass is 16.5. The van der Waals surface area contributed by atoms with Crippen LogP contribution in [0.15, 0.2) is 36.5 Å². The molecule has 1 atom stereocenters. The summed E-state index contributed by atoms with van der Waals surface area (Å²) >= 11 is 0. The molecule has 0 radical (unpaired) electrons. The Labute approximate surface area is 159 Å². The van der Waals surface area contributed by atoms with Crippen molar-refractivity contribution in [3.8, 4) is 17.4 Å². The lowest BCUT2D eigenvalue weighted by Gasteiger charge is -2.26. The summed E-state index contributed by atoms with van der Waals surface area (Å²) in [5.74, 6) is 2.00. The number of carbonyl (C=O) groups excluding carboxylic acids is 1. The first-order valence-corrected chi connectivity index (χ1v) is 8.91. The van der Waals surface area contributed by atoms with Crippen molar-refractivity contribution in [3.05, 3.63) is 47.7 Å². The average molecular weight is 371 g/mol. The SMILES string of the molecule is COc1ccc(C2CCCN2C(=O)NCc2ccnc(OC)c2)c(OC)c1. The van der Waals surface area contributed by atoms with Crippen LogP contribution < -0.4 is 19.5 Å². The number of rotatable bonds is 6. The number of methoxy groups -OCH3 is 3. The van der Waals surface area contributed by atoms with Gasteiger partial charge < -0.3 is 24.4 Å². The highest BCUT2D eigenvalue weighted by molar-refractivity contribution is 5.75. The minimum atomic E-state index is -0.0915. The third-order valence-corrected chi connectivity index (χ3v) is 4.77. The Bertz CT molecular complexity index is 797. The van der Waals surface area contributed by atoms with Crippen molar-refractivity contribution in [2.45, 2.75) is 25.4 Å². The van der Waals surface area contributed by atoms with Crippen molar-refractivity contribution in [1.29, 1.82) is 0 Å². The zero-order chi connectivity index (χ0) is 19.2. The zero-order valence-corrected chi connectivity index (χ0v) is 15.9. The molecular formula is C20H25N3O4. The number of hydrogen-bond donors (Lipinski definition) is 1. The van der Waals surface area contributed by atoms with Gasteiger partial charge in [0, 0.05) is 37.0 Å². The van der Waals surface area contributed by atoms with Gasteiger partial charge in [-0.25, -0.2) is 9.78 Å². The number of amides is 2. The molecular weight excluding hydrogens is 346 g/mol. The predicted molar refractivity (Wildman–Crippen MR) is 101 cm³/mol. The number of urea groups is 1. The molecule has 1 aromatic heterocycles. The molecule has 1 saturated heterocycles. The molecule has 7 heteroatoms. The maximum atomic E-state index is 12.8. The van der Waals surface area contributed by atoms with Gasteiger partial charge in [0.05, 0.1) is 27.4 Å². The standard InChI is InChI=1S/C20H25N3O4/c1-25-15-6-7-16(18(12-15)26-2)17-5-4-10-23(17)20(24)22-13-14-8-9-21-19(11-14)27-3/h6-9,11-12,17H,4-5,10,13H2,1-3H3,(H,22,24). The summed E-state index contributed by atoms with van der Waals surface area (Å²) in [6.45, 7) is 1.13. The molecule has 0 aliphatic carbocycles. The molecule has 1 unspecified atom stereocenters. The van der Waals surface area contributed by atoms with Gasteiger partial charge in [-0.3, -0.25) is 0 Å². The molecule has 1 aliphatic heterocycles. The molecule has 1 aromatic carbocycles. The number of nitrogens with one attached hydrogen (secondary N) is 1. The van der Waals surface area contributed by atoms with Gasteiger partial charge in [0.25, 0.3) is 0 Å². The predicted octanol–water partition coefficient (Wildman–Crippen LogP) is 3.15. The van der Waals surface area contributed by atoms with Crippen LogP contribution in [-0.4, -0.2) is 43.8 Å².